The van der Waals surface area contributed by atoms with E-state index in [0.717, 1.165) is 0 Å². The Morgan fingerprint density at radius 1 is 0.423 bits per heavy atom. The Balaban J connectivity index is 0. The van der Waals surface area contributed by atoms with Gasteiger partial charge in [-0.25, -0.2) is 0 Å². The molecule has 0 fully saturated rings. The topological polar surface area (TPSA) is 0 Å². The molecule has 0 amide bonds. The Kier molecular flexibility index (Phi) is 10.5. The van der Waals surface area contributed by atoms with E-state index < -0.39 is 0 Å². The van der Waals surface area contributed by atoms with Gasteiger partial charge in [0, 0.05) is 9.49 Å². The first-order valence-corrected chi connectivity index (χ1v) is 11.2. The highest BCUT2D eigenvalue weighted by atomic mass is 32.1. The summed E-state index contributed by atoms with van der Waals surface area (Å²) in [5.41, 5.74) is 1.57. The first-order valence-electron chi connectivity index (χ1n) is 10.3. The van der Waals surface area contributed by atoms with Gasteiger partial charge in [-0.1, -0.05) is 96.9 Å². The van der Waals surface area contributed by atoms with Crippen LogP contribution in [0.4, 0.5) is 0 Å². The van der Waals surface area contributed by atoms with Gasteiger partial charge in [0.25, 0.3) is 0 Å². The van der Waals surface area contributed by atoms with Crippen LogP contribution in [0.15, 0.2) is 0 Å². The summed E-state index contributed by atoms with van der Waals surface area (Å²) in [7, 11) is 0. The Bertz CT molecular complexity index is 314. The van der Waals surface area contributed by atoms with Crippen LogP contribution in [0.3, 0.4) is 0 Å². The molecule has 0 aliphatic carbocycles. The van der Waals surface area contributed by atoms with Gasteiger partial charge in [-0.15, -0.1) is 0 Å². The molecule has 0 aromatic rings. The van der Waals surface area contributed by atoms with Crippen LogP contribution in [0, 0.1) is 21.7 Å². The number of rotatable bonds is 5. The van der Waals surface area contributed by atoms with Crippen molar-refractivity contribution >= 4 is 25.3 Å². The Hall–Kier alpha value is 0.700. The lowest BCUT2D eigenvalue weighted by Crippen LogP contribution is -2.29. The normalized spacial score (nSPS) is 14.8. The van der Waals surface area contributed by atoms with Crippen molar-refractivity contribution in [3.63, 3.8) is 0 Å². The molecule has 0 rings (SSSR count). The van der Waals surface area contributed by atoms with Gasteiger partial charge in [-0.2, -0.15) is 25.3 Å². The van der Waals surface area contributed by atoms with E-state index in [2.05, 4.69) is 110 Å². The van der Waals surface area contributed by atoms with Gasteiger partial charge in [-0.3, -0.25) is 0 Å². The fraction of sp³-hybridized carbons (Fsp3) is 1.00. The molecule has 0 bridgehead atoms. The second-order valence-corrected chi connectivity index (χ2v) is 16.2. The second kappa shape index (κ2) is 9.47. The van der Waals surface area contributed by atoms with Crippen molar-refractivity contribution in [3.05, 3.63) is 0 Å². The molecule has 0 aliphatic heterocycles. The highest BCUT2D eigenvalue weighted by Gasteiger charge is 2.31. The van der Waals surface area contributed by atoms with E-state index in [1.54, 1.807) is 0 Å². The van der Waals surface area contributed by atoms with E-state index in [-0.39, 0.29) is 9.49 Å². The van der Waals surface area contributed by atoms with E-state index in [4.69, 9.17) is 12.6 Å². The van der Waals surface area contributed by atoms with E-state index in [1.807, 2.05) is 0 Å². The van der Waals surface area contributed by atoms with Gasteiger partial charge in [0.05, 0.1) is 0 Å². The lowest BCUT2D eigenvalue weighted by atomic mass is 9.72. The van der Waals surface area contributed by atoms with E-state index in [1.165, 1.54) is 25.7 Å². The van der Waals surface area contributed by atoms with Crippen molar-refractivity contribution in [1.29, 1.82) is 0 Å². The quantitative estimate of drug-likeness (QED) is 0.419. The molecule has 0 unspecified atom stereocenters. The number of thiol groups is 2. The second-order valence-electron chi connectivity index (χ2n) is 13.9. The molecular formula is C24H52S2. The molecule has 0 atom stereocenters. The van der Waals surface area contributed by atoms with Gasteiger partial charge in [-0.05, 0) is 47.3 Å². The minimum Gasteiger partial charge on any atom is -0.173 e. The van der Waals surface area contributed by atoms with E-state index in [9.17, 15) is 0 Å². The van der Waals surface area contributed by atoms with Crippen molar-refractivity contribution < 1.29 is 0 Å². The van der Waals surface area contributed by atoms with Crippen LogP contribution in [0.1, 0.15) is 123 Å². The van der Waals surface area contributed by atoms with Crippen molar-refractivity contribution in [1.82, 2.24) is 0 Å². The molecule has 160 valence electrons. The lowest BCUT2D eigenvalue weighted by molar-refractivity contribution is 0.187. The Morgan fingerprint density at radius 2 is 0.692 bits per heavy atom. The zero-order valence-electron chi connectivity index (χ0n) is 20.7. The van der Waals surface area contributed by atoms with Gasteiger partial charge in [0.2, 0.25) is 0 Å². The maximum absolute atomic E-state index is 4.77. The highest BCUT2D eigenvalue weighted by molar-refractivity contribution is 7.82. The fourth-order valence-electron chi connectivity index (χ4n) is 5.02. The Labute approximate surface area is 178 Å². The zero-order valence-corrected chi connectivity index (χ0v) is 22.5. The highest BCUT2D eigenvalue weighted by Crippen LogP contribution is 2.41. The summed E-state index contributed by atoms with van der Waals surface area (Å²) >= 11 is 9.37. The monoisotopic (exact) mass is 404 g/mol. The summed E-state index contributed by atoms with van der Waals surface area (Å²) in [5.74, 6) is 0. The number of hydrogen-bond donors (Lipinski definition) is 2. The lowest BCUT2D eigenvalue weighted by Gasteiger charge is -2.36. The average Bonchev–Trinajstić information content (AvgIpc) is 1.97. The smallest absolute Gasteiger partial charge is 0.0111 e. The Morgan fingerprint density at radius 3 is 0.885 bits per heavy atom. The largest absolute Gasteiger partial charge is 0.173 e. The molecule has 0 saturated heterocycles. The SMILES string of the molecule is CC(C)(C)CC(C)(C)CC(C)(C)S.CC(C)(C)CC(C)(S)CC(C)(C)C. The molecule has 0 saturated carbocycles. The molecule has 0 heterocycles. The molecular weight excluding hydrogens is 352 g/mol. The molecule has 0 aliphatic rings. The van der Waals surface area contributed by atoms with Crippen molar-refractivity contribution in [2.24, 2.45) is 21.7 Å². The third-order valence-corrected chi connectivity index (χ3v) is 4.22. The number of hydrogen-bond acceptors (Lipinski definition) is 2. The molecule has 0 aromatic heterocycles. The van der Waals surface area contributed by atoms with Gasteiger partial charge in [0.1, 0.15) is 0 Å². The van der Waals surface area contributed by atoms with Crippen LogP contribution in [0.25, 0.3) is 0 Å². The minimum atomic E-state index is 0.148. The van der Waals surface area contributed by atoms with Gasteiger partial charge < -0.3 is 0 Å². The van der Waals surface area contributed by atoms with Crippen molar-refractivity contribution in [2.45, 2.75) is 132 Å². The molecule has 0 spiro atoms. The van der Waals surface area contributed by atoms with Crippen LogP contribution < -0.4 is 0 Å². The summed E-state index contributed by atoms with van der Waals surface area (Å²) < 4.78 is 0.311. The first kappa shape index (κ1) is 28.9. The summed E-state index contributed by atoms with van der Waals surface area (Å²) in [6, 6.07) is 0. The zero-order chi connectivity index (χ0) is 21.8. The first-order chi connectivity index (χ1) is 10.8. The maximum Gasteiger partial charge on any atom is 0.0111 e. The van der Waals surface area contributed by atoms with Crippen molar-refractivity contribution in [2.75, 3.05) is 0 Å². The molecule has 0 radical (unpaired) electrons. The minimum absolute atomic E-state index is 0.148. The van der Waals surface area contributed by atoms with E-state index in [0.29, 0.717) is 21.7 Å². The summed E-state index contributed by atoms with van der Waals surface area (Å²) in [6.45, 7) is 31.9. The summed E-state index contributed by atoms with van der Waals surface area (Å²) in [6.07, 6.45) is 4.76. The molecule has 26 heavy (non-hydrogen) atoms. The van der Waals surface area contributed by atoms with Crippen LogP contribution in [-0.2, 0) is 0 Å². The average molecular weight is 405 g/mol. The fourth-order valence-corrected chi connectivity index (χ4v) is 6.39. The van der Waals surface area contributed by atoms with Crippen LogP contribution in [0.2, 0.25) is 0 Å². The van der Waals surface area contributed by atoms with Crippen LogP contribution >= 0.6 is 25.3 Å². The molecule has 0 aromatic carbocycles. The molecule has 0 N–H and O–H groups in total. The third kappa shape index (κ3) is 22.7. The van der Waals surface area contributed by atoms with Gasteiger partial charge >= 0.3 is 0 Å². The van der Waals surface area contributed by atoms with Crippen LogP contribution in [0.5, 0.6) is 0 Å². The predicted octanol–water partition coefficient (Wildman–Crippen LogP) is 9.09. The predicted molar refractivity (Wildman–Crippen MR) is 131 cm³/mol. The standard InChI is InChI=1S/2C12H26S/c1-10(2,3)8-11(4,5)9-12(6,7)13;1-10(2,3)8-12(7,13)9-11(4,5)6/h2*13H,8-9H2,1-7H3. The summed E-state index contributed by atoms with van der Waals surface area (Å²) in [4.78, 5) is 0. The van der Waals surface area contributed by atoms with Crippen molar-refractivity contribution in [3.8, 4) is 0 Å². The maximum atomic E-state index is 4.77. The molecule has 0 nitrogen and oxygen atoms in total. The van der Waals surface area contributed by atoms with Crippen LogP contribution in [-0.4, -0.2) is 9.49 Å². The van der Waals surface area contributed by atoms with Gasteiger partial charge in [0.15, 0.2) is 0 Å². The summed E-state index contributed by atoms with van der Waals surface area (Å²) in [5, 5.41) is 0. The molecule has 2 heteroatoms. The third-order valence-electron chi connectivity index (χ3n) is 3.74. The van der Waals surface area contributed by atoms with E-state index >= 15 is 0 Å².